The lowest BCUT2D eigenvalue weighted by Gasteiger charge is -2.47. The number of cyclic esters (lactones) is 1. The molecular weight excluding hydrogens is 919 g/mol. The predicted octanol–water partition coefficient (Wildman–Crippen LogP) is 8.46. The Balaban J connectivity index is 1.26. The van der Waals surface area contributed by atoms with Gasteiger partial charge < -0.3 is 48.3 Å². The van der Waals surface area contributed by atoms with Gasteiger partial charge in [0, 0.05) is 52.0 Å². The number of esters is 1. The zero-order valence-corrected chi connectivity index (χ0v) is 44.2. The van der Waals surface area contributed by atoms with Crippen molar-refractivity contribution in [1.29, 1.82) is 0 Å². The number of methoxy groups -OCH3 is 3. The standard InChI is InChI=1S/C58H83NO13/c1-10-43-28-36(2)27-37(3)29-50(67-8)54-51(68-9)31-39(5)58(65,72-54)55(62)56(63)59-26-18-17-23-45(59)57(64)71-53(40(6)46(60)33-47(43)61)38(4)30-42-24-25-48(49(32-42)66-7)70-35-52(44-21-15-12-16-22-44)69-34-41-19-13-11-14-20-41/h11-16,19-22,28,30,37,39-40,42-43,45-46,48-54,60,65H,10,17-18,23-27,29,31-35H2,1-9H3. The minimum absolute atomic E-state index is 0.00770. The van der Waals surface area contributed by atoms with Crippen LogP contribution in [0.2, 0.25) is 0 Å². The summed E-state index contributed by atoms with van der Waals surface area (Å²) in [5.41, 5.74) is 3.77. The summed E-state index contributed by atoms with van der Waals surface area (Å²) in [6.07, 6.45) is 4.13. The molecule has 15 unspecified atom stereocenters. The summed E-state index contributed by atoms with van der Waals surface area (Å²) < 4.78 is 43.7. The van der Waals surface area contributed by atoms with Crippen LogP contribution in [0.4, 0.5) is 0 Å². The van der Waals surface area contributed by atoms with Crippen molar-refractivity contribution in [3.63, 3.8) is 0 Å². The first-order valence-electron chi connectivity index (χ1n) is 26.4. The van der Waals surface area contributed by atoms with Crippen LogP contribution >= 0.6 is 0 Å². The van der Waals surface area contributed by atoms with Crippen molar-refractivity contribution in [2.24, 2.45) is 29.6 Å². The van der Waals surface area contributed by atoms with Gasteiger partial charge >= 0.3 is 5.97 Å². The molecule has 6 rings (SSSR count). The summed E-state index contributed by atoms with van der Waals surface area (Å²) in [7, 11) is 4.76. The van der Waals surface area contributed by atoms with Crippen LogP contribution in [0.3, 0.4) is 0 Å². The van der Waals surface area contributed by atoms with Crippen molar-refractivity contribution in [3.05, 3.63) is 95.1 Å². The van der Waals surface area contributed by atoms with Crippen molar-refractivity contribution in [1.82, 2.24) is 4.90 Å². The van der Waals surface area contributed by atoms with Gasteiger partial charge in [-0.05, 0) is 107 Å². The van der Waals surface area contributed by atoms with Gasteiger partial charge in [-0.15, -0.1) is 0 Å². The maximum absolute atomic E-state index is 14.6. The number of amides is 1. The molecule has 72 heavy (non-hydrogen) atoms. The van der Waals surface area contributed by atoms with Crippen molar-refractivity contribution < 1.29 is 62.5 Å². The van der Waals surface area contributed by atoms with E-state index in [1.807, 2.05) is 87.5 Å². The van der Waals surface area contributed by atoms with Crippen LogP contribution in [0.15, 0.2) is 84.0 Å². The minimum Gasteiger partial charge on any atom is -0.456 e. The van der Waals surface area contributed by atoms with Gasteiger partial charge in [0.25, 0.3) is 11.7 Å². The molecule has 1 amide bonds. The third-order valence-corrected chi connectivity index (χ3v) is 15.8. The van der Waals surface area contributed by atoms with Crippen molar-refractivity contribution in [3.8, 4) is 0 Å². The topological polar surface area (TPSA) is 177 Å². The number of hydrogen-bond donors (Lipinski definition) is 2. The summed E-state index contributed by atoms with van der Waals surface area (Å²) in [6, 6.07) is 18.9. The largest absolute Gasteiger partial charge is 0.456 e. The predicted molar refractivity (Wildman–Crippen MR) is 272 cm³/mol. The molecule has 14 heteroatoms. The van der Waals surface area contributed by atoms with Gasteiger partial charge in [0.15, 0.2) is 0 Å². The lowest BCUT2D eigenvalue weighted by atomic mass is 9.81. The molecule has 3 fully saturated rings. The molecule has 0 spiro atoms. The molecule has 2 aromatic carbocycles. The Kier molecular flexibility index (Phi) is 21.4. The number of allylic oxidation sites excluding steroid dienone is 3. The van der Waals surface area contributed by atoms with Gasteiger partial charge in [0.1, 0.15) is 30.1 Å². The fourth-order valence-electron chi connectivity index (χ4n) is 11.5. The Hall–Kier alpha value is -4.12. The number of benzene rings is 2. The van der Waals surface area contributed by atoms with E-state index in [-0.39, 0.29) is 61.7 Å². The first-order chi connectivity index (χ1) is 34.5. The number of ketones is 2. The smallest absolute Gasteiger partial charge is 0.329 e. The highest BCUT2D eigenvalue weighted by molar-refractivity contribution is 6.39. The molecule has 1 aliphatic carbocycles. The number of ether oxygens (including phenoxy) is 7. The van der Waals surface area contributed by atoms with Crippen LogP contribution in [-0.2, 0) is 58.9 Å². The van der Waals surface area contributed by atoms with Crippen LogP contribution in [0, 0.1) is 29.6 Å². The summed E-state index contributed by atoms with van der Waals surface area (Å²) in [4.78, 5) is 58.8. The molecule has 2 aromatic rings. The number of piperidine rings is 1. The summed E-state index contributed by atoms with van der Waals surface area (Å²) in [6.45, 7) is 12.1. The second kappa shape index (κ2) is 26.9. The average Bonchev–Trinajstić information content (AvgIpc) is 3.39. The monoisotopic (exact) mass is 1000 g/mol. The summed E-state index contributed by atoms with van der Waals surface area (Å²) in [5, 5.41) is 24.1. The van der Waals surface area contributed by atoms with Crippen LogP contribution in [0.1, 0.15) is 129 Å². The Labute approximate surface area is 428 Å². The minimum atomic E-state index is -2.52. The second-order valence-electron chi connectivity index (χ2n) is 21.2. The molecule has 1 saturated carbocycles. The van der Waals surface area contributed by atoms with E-state index in [1.165, 1.54) is 12.0 Å². The van der Waals surface area contributed by atoms with Gasteiger partial charge in [-0.1, -0.05) is 106 Å². The molecule has 2 bridgehead atoms. The molecule has 398 valence electrons. The molecular formula is C58H83NO13. The Morgan fingerprint density at radius 2 is 1.51 bits per heavy atom. The van der Waals surface area contributed by atoms with Crippen molar-refractivity contribution in [2.45, 2.75) is 179 Å². The van der Waals surface area contributed by atoms with Crippen LogP contribution in [-0.4, -0.2) is 128 Å². The number of nitrogens with zero attached hydrogens (tertiary/aromatic N) is 1. The van der Waals surface area contributed by atoms with Gasteiger partial charge in [0.2, 0.25) is 5.79 Å². The lowest BCUT2D eigenvalue weighted by molar-refractivity contribution is -0.302. The highest BCUT2D eigenvalue weighted by atomic mass is 16.7. The number of fused-ring (bicyclic) bond motifs is 3. The molecule has 0 aromatic heterocycles. The zero-order valence-electron chi connectivity index (χ0n) is 44.2. The Morgan fingerprint density at radius 3 is 2.18 bits per heavy atom. The molecule has 2 saturated heterocycles. The van der Waals surface area contributed by atoms with E-state index in [2.05, 4.69) is 13.0 Å². The van der Waals surface area contributed by atoms with E-state index in [4.69, 9.17) is 33.2 Å². The first-order valence-corrected chi connectivity index (χ1v) is 26.4. The van der Waals surface area contributed by atoms with E-state index in [1.54, 1.807) is 28.1 Å². The lowest BCUT2D eigenvalue weighted by Crippen LogP contribution is -2.64. The maximum atomic E-state index is 14.6. The quantitative estimate of drug-likeness (QED) is 0.111. The molecule has 0 radical (unpaired) electrons. The number of carbonyl (C=O) groups excluding carboxylic acids is 4. The van der Waals surface area contributed by atoms with Crippen LogP contribution < -0.4 is 0 Å². The molecule has 2 N–H and O–H groups in total. The first kappa shape index (κ1) is 57.2. The van der Waals surface area contributed by atoms with E-state index in [0.717, 1.165) is 23.1 Å². The SMILES string of the molecule is CCC1C=C(C)CC(C)CC(OC)C2OC(O)(C(=O)C(=O)N3CCCCC3C(=O)OC(C(C)=CC3CCC(OCC(OCc4ccccc4)c4ccccc4)C(OC)C3)C(C)C(O)CC1=O)C(C)CC2OC. The number of carbonyl (C=O) groups is 4. The van der Waals surface area contributed by atoms with Crippen LogP contribution in [0.5, 0.6) is 0 Å². The molecule has 4 aliphatic rings. The van der Waals surface area contributed by atoms with Crippen molar-refractivity contribution in [2.75, 3.05) is 34.5 Å². The number of aliphatic hydroxyl groups excluding tert-OH is 1. The summed E-state index contributed by atoms with van der Waals surface area (Å²) >= 11 is 0. The average molecular weight is 1000 g/mol. The fourth-order valence-corrected chi connectivity index (χ4v) is 11.5. The van der Waals surface area contributed by atoms with E-state index >= 15 is 0 Å². The Bertz CT molecular complexity index is 2130. The highest BCUT2D eigenvalue weighted by Gasteiger charge is 2.56. The highest BCUT2D eigenvalue weighted by Crippen LogP contribution is 2.40. The maximum Gasteiger partial charge on any atom is 0.329 e. The van der Waals surface area contributed by atoms with Gasteiger partial charge in [0.05, 0.1) is 43.7 Å². The number of hydrogen-bond acceptors (Lipinski definition) is 13. The van der Waals surface area contributed by atoms with E-state index < -0.39 is 77.8 Å². The van der Waals surface area contributed by atoms with Crippen molar-refractivity contribution >= 4 is 23.4 Å². The number of Topliss-reactive ketones (excluding diaryl/α,β-unsaturated/α-hetero) is 2. The number of aliphatic hydroxyl groups is 2. The molecule has 15 atom stereocenters. The second-order valence-corrected chi connectivity index (χ2v) is 21.2. The normalized spacial score (nSPS) is 34.6. The fraction of sp³-hybridized carbons (Fsp3) is 0.655. The molecule has 3 heterocycles. The van der Waals surface area contributed by atoms with Gasteiger partial charge in [-0.2, -0.15) is 0 Å². The third kappa shape index (κ3) is 14.4. The number of rotatable bonds is 13. The van der Waals surface area contributed by atoms with E-state index in [9.17, 15) is 29.4 Å². The third-order valence-electron chi connectivity index (χ3n) is 15.8. The van der Waals surface area contributed by atoms with Crippen LogP contribution in [0.25, 0.3) is 0 Å². The van der Waals surface area contributed by atoms with E-state index in [0.29, 0.717) is 63.7 Å². The van der Waals surface area contributed by atoms with Gasteiger partial charge in [-0.3, -0.25) is 14.4 Å². The zero-order chi connectivity index (χ0) is 52.1. The molecule has 3 aliphatic heterocycles. The summed E-state index contributed by atoms with van der Waals surface area (Å²) in [5.74, 6) is -7.58. The Morgan fingerprint density at radius 1 is 0.847 bits per heavy atom. The molecule has 14 nitrogen and oxygen atoms in total. The van der Waals surface area contributed by atoms with Gasteiger partial charge in [-0.25, -0.2) is 4.79 Å².